The van der Waals surface area contributed by atoms with Crippen molar-refractivity contribution in [1.82, 2.24) is 15.1 Å². The predicted octanol–water partition coefficient (Wildman–Crippen LogP) is 1.40. The third-order valence-corrected chi connectivity index (χ3v) is 3.74. The van der Waals surface area contributed by atoms with Crippen LogP contribution in [-0.2, 0) is 7.05 Å². The minimum Gasteiger partial charge on any atom is -0.366 e. The summed E-state index contributed by atoms with van der Waals surface area (Å²) in [5, 5.41) is 20.4. The van der Waals surface area contributed by atoms with Gasteiger partial charge in [0.2, 0.25) is 0 Å². The molecule has 98 valence electrons. The summed E-state index contributed by atoms with van der Waals surface area (Å²) in [5.74, 6) is 1.45. The molecule has 0 amide bonds. The van der Waals surface area contributed by atoms with E-state index < -0.39 is 0 Å². The molecule has 0 aliphatic carbocycles. The summed E-state index contributed by atoms with van der Waals surface area (Å²) >= 11 is 0. The van der Waals surface area contributed by atoms with Crippen LogP contribution in [0.3, 0.4) is 0 Å². The van der Waals surface area contributed by atoms with Gasteiger partial charge in [-0.3, -0.25) is 4.68 Å². The number of hydrogen-bond acceptors (Lipinski definition) is 4. The van der Waals surface area contributed by atoms with E-state index in [0.717, 1.165) is 24.6 Å². The van der Waals surface area contributed by atoms with Crippen LogP contribution in [0.5, 0.6) is 0 Å². The number of hydrogen-bond donors (Lipinski definition) is 2. The van der Waals surface area contributed by atoms with E-state index in [2.05, 4.69) is 28.7 Å². The summed E-state index contributed by atoms with van der Waals surface area (Å²) in [4.78, 5) is 0. The Morgan fingerprint density at radius 2 is 2.39 bits per heavy atom. The normalized spacial score (nSPS) is 21.3. The molecule has 0 radical (unpaired) electrons. The van der Waals surface area contributed by atoms with Crippen molar-refractivity contribution in [2.45, 2.75) is 32.7 Å². The molecule has 2 N–H and O–H groups in total. The minimum absolute atomic E-state index is 0.347. The van der Waals surface area contributed by atoms with Crippen LogP contribution in [-0.4, -0.2) is 28.9 Å². The summed E-state index contributed by atoms with van der Waals surface area (Å²) in [5.41, 5.74) is 1.45. The number of nitriles is 1. The van der Waals surface area contributed by atoms with Crippen LogP contribution in [0.25, 0.3) is 0 Å². The molecule has 1 aliphatic heterocycles. The van der Waals surface area contributed by atoms with E-state index in [1.165, 1.54) is 12.8 Å². The summed E-state index contributed by atoms with van der Waals surface area (Å²) in [7, 11) is 1.88. The Kier molecular flexibility index (Phi) is 3.87. The lowest BCUT2D eigenvalue weighted by Crippen LogP contribution is -2.39. The molecule has 2 heterocycles. The molecule has 2 atom stereocenters. The second kappa shape index (κ2) is 5.40. The van der Waals surface area contributed by atoms with Gasteiger partial charge in [-0.2, -0.15) is 10.4 Å². The average molecular weight is 247 g/mol. The minimum atomic E-state index is 0.347. The summed E-state index contributed by atoms with van der Waals surface area (Å²) < 4.78 is 1.76. The molecule has 1 aliphatic rings. The Balaban J connectivity index is 2.11. The lowest BCUT2D eigenvalue weighted by molar-refractivity contribution is 0.346. The fraction of sp³-hybridized carbons (Fsp3) is 0.692. The Hall–Kier alpha value is -1.54. The molecule has 1 saturated heterocycles. The van der Waals surface area contributed by atoms with E-state index in [4.69, 9.17) is 0 Å². The highest BCUT2D eigenvalue weighted by Gasteiger charge is 2.22. The number of anilines is 1. The van der Waals surface area contributed by atoms with Crippen LogP contribution >= 0.6 is 0 Å². The summed E-state index contributed by atoms with van der Waals surface area (Å²) in [6.07, 6.45) is 2.46. The van der Waals surface area contributed by atoms with Gasteiger partial charge in [-0.1, -0.05) is 0 Å². The van der Waals surface area contributed by atoms with E-state index in [1.807, 2.05) is 14.0 Å². The van der Waals surface area contributed by atoms with Crippen LogP contribution in [0.1, 0.15) is 31.0 Å². The first-order valence-electron chi connectivity index (χ1n) is 6.54. The van der Waals surface area contributed by atoms with Crippen molar-refractivity contribution in [1.29, 1.82) is 5.26 Å². The zero-order chi connectivity index (χ0) is 13.1. The SMILES string of the molecule is Cc1nn(C)c(NC(C)C2CCCNC2)c1C#N. The molecule has 0 spiro atoms. The molecule has 1 aromatic heterocycles. The van der Waals surface area contributed by atoms with Crippen molar-refractivity contribution in [2.24, 2.45) is 13.0 Å². The molecule has 5 nitrogen and oxygen atoms in total. The maximum atomic E-state index is 9.18. The third-order valence-electron chi connectivity index (χ3n) is 3.74. The van der Waals surface area contributed by atoms with E-state index in [-0.39, 0.29) is 0 Å². The highest BCUT2D eigenvalue weighted by Crippen LogP contribution is 2.22. The molecule has 18 heavy (non-hydrogen) atoms. The molecule has 2 rings (SSSR count). The molecule has 0 saturated carbocycles. The van der Waals surface area contributed by atoms with E-state index in [0.29, 0.717) is 17.5 Å². The average Bonchev–Trinajstić information content (AvgIpc) is 2.64. The van der Waals surface area contributed by atoms with Gasteiger partial charge < -0.3 is 10.6 Å². The van der Waals surface area contributed by atoms with Crippen LogP contribution in [0.15, 0.2) is 0 Å². The van der Waals surface area contributed by atoms with Crippen LogP contribution in [0.2, 0.25) is 0 Å². The van der Waals surface area contributed by atoms with Crippen molar-refractivity contribution < 1.29 is 0 Å². The monoisotopic (exact) mass is 247 g/mol. The van der Waals surface area contributed by atoms with Crippen molar-refractivity contribution in [2.75, 3.05) is 18.4 Å². The zero-order valence-corrected chi connectivity index (χ0v) is 11.3. The quantitative estimate of drug-likeness (QED) is 0.847. The maximum absolute atomic E-state index is 9.18. The number of rotatable bonds is 3. The van der Waals surface area contributed by atoms with Gasteiger partial charge >= 0.3 is 0 Å². The fourth-order valence-electron chi connectivity index (χ4n) is 2.60. The largest absolute Gasteiger partial charge is 0.366 e. The fourth-order valence-corrected chi connectivity index (χ4v) is 2.60. The maximum Gasteiger partial charge on any atom is 0.142 e. The molecule has 0 aromatic carbocycles. The van der Waals surface area contributed by atoms with Gasteiger partial charge in [0, 0.05) is 13.1 Å². The molecule has 1 fully saturated rings. The van der Waals surface area contributed by atoms with Gasteiger partial charge in [-0.05, 0) is 45.7 Å². The van der Waals surface area contributed by atoms with Gasteiger partial charge in [0.15, 0.2) is 0 Å². The third kappa shape index (κ3) is 2.49. The molecular formula is C13H21N5. The van der Waals surface area contributed by atoms with Gasteiger partial charge in [-0.15, -0.1) is 0 Å². The first-order valence-corrected chi connectivity index (χ1v) is 6.54. The van der Waals surface area contributed by atoms with E-state index in [1.54, 1.807) is 4.68 Å². The Bertz CT molecular complexity index is 451. The van der Waals surface area contributed by atoms with Crippen LogP contribution in [0.4, 0.5) is 5.82 Å². The molecular weight excluding hydrogens is 226 g/mol. The second-order valence-corrected chi connectivity index (χ2v) is 5.08. The first-order chi connectivity index (χ1) is 8.63. The van der Waals surface area contributed by atoms with Gasteiger partial charge in [0.1, 0.15) is 17.5 Å². The Labute approximate surface area is 108 Å². The molecule has 0 bridgehead atoms. The standard InChI is InChI=1S/C13H21N5/c1-9(11-5-4-6-15-8-11)16-13-12(7-14)10(2)17-18(13)3/h9,11,15-16H,4-6,8H2,1-3H3. The van der Waals surface area contributed by atoms with Crippen LogP contribution < -0.4 is 10.6 Å². The number of nitrogens with one attached hydrogen (secondary N) is 2. The number of aryl methyl sites for hydroxylation is 2. The van der Waals surface area contributed by atoms with Crippen molar-refractivity contribution in [3.8, 4) is 6.07 Å². The molecule has 2 unspecified atom stereocenters. The lowest BCUT2D eigenvalue weighted by Gasteiger charge is -2.29. The molecule has 5 heteroatoms. The second-order valence-electron chi connectivity index (χ2n) is 5.08. The van der Waals surface area contributed by atoms with Crippen molar-refractivity contribution in [3.63, 3.8) is 0 Å². The smallest absolute Gasteiger partial charge is 0.142 e. The summed E-state index contributed by atoms with van der Waals surface area (Å²) in [6.45, 7) is 6.22. The predicted molar refractivity (Wildman–Crippen MR) is 71.3 cm³/mol. The summed E-state index contributed by atoms with van der Waals surface area (Å²) in [6, 6.07) is 2.58. The first kappa shape index (κ1) is 12.9. The highest BCUT2D eigenvalue weighted by molar-refractivity contribution is 5.55. The highest BCUT2D eigenvalue weighted by atomic mass is 15.3. The van der Waals surface area contributed by atoms with E-state index >= 15 is 0 Å². The van der Waals surface area contributed by atoms with Crippen LogP contribution in [0, 0.1) is 24.2 Å². The Morgan fingerprint density at radius 3 is 3.00 bits per heavy atom. The Morgan fingerprint density at radius 1 is 1.61 bits per heavy atom. The van der Waals surface area contributed by atoms with Crippen molar-refractivity contribution in [3.05, 3.63) is 11.3 Å². The number of piperidine rings is 1. The topological polar surface area (TPSA) is 65.7 Å². The van der Waals surface area contributed by atoms with Crippen molar-refractivity contribution >= 4 is 5.82 Å². The van der Waals surface area contributed by atoms with Gasteiger partial charge in [-0.25, -0.2) is 0 Å². The number of nitrogens with zero attached hydrogens (tertiary/aromatic N) is 3. The van der Waals surface area contributed by atoms with Gasteiger partial charge in [0.05, 0.1) is 5.69 Å². The lowest BCUT2D eigenvalue weighted by atomic mass is 9.93. The van der Waals surface area contributed by atoms with Gasteiger partial charge in [0.25, 0.3) is 0 Å². The molecule has 1 aromatic rings. The zero-order valence-electron chi connectivity index (χ0n) is 11.3. The van der Waals surface area contributed by atoms with E-state index in [9.17, 15) is 5.26 Å². The number of aromatic nitrogens is 2.